The van der Waals surface area contributed by atoms with Gasteiger partial charge in [-0.1, -0.05) is 12.1 Å². The van der Waals surface area contributed by atoms with Crippen molar-refractivity contribution in [1.29, 1.82) is 0 Å². The number of nitrogens with one attached hydrogen (secondary N) is 2. The van der Waals surface area contributed by atoms with E-state index in [2.05, 4.69) is 26.6 Å². The van der Waals surface area contributed by atoms with Crippen molar-refractivity contribution in [2.75, 3.05) is 13.7 Å². The highest BCUT2D eigenvalue weighted by Gasteiger charge is 2.39. The van der Waals surface area contributed by atoms with E-state index < -0.39 is 0 Å². The van der Waals surface area contributed by atoms with Crippen molar-refractivity contribution in [3.8, 4) is 0 Å². The van der Waals surface area contributed by atoms with E-state index in [4.69, 9.17) is 4.74 Å². The summed E-state index contributed by atoms with van der Waals surface area (Å²) in [5.74, 6) is 0.531. The van der Waals surface area contributed by atoms with Crippen molar-refractivity contribution in [2.24, 2.45) is 11.8 Å². The van der Waals surface area contributed by atoms with Crippen LogP contribution < -0.4 is 10.6 Å². The third-order valence-electron chi connectivity index (χ3n) is 5.46. The number of rotatable bonds is 5. The number of methoxy groups -OCH3 is 1. The molecule has 136 valence electrons. The molecule has 2 N–H and O–H groups in total. The minimum Gasteiger partial charge on any atom is -0.381 e. The van der Waals surface area contributed by atoms with Crippen molar-refractivity contribution < 1.29 is 14.3 Å². The Balaban J connectivity index is 1.48. The highest BCUT2D eigenvalue weighted by atomic mass is 79.9. The number of carbonyl (C=O) groups excluding carboxylic acids is 2. The number of fused-ring (bicyclic) bond motifs is 1. The van der Waals surface area contributed by atoms with Gasteiger partial charge in [-0.3, -0.25) is 9.59 Å². The van der Waals surface area contributed by atoms with Gasteiger partial charge in [-0.2, -0.15) is 0 Å². The Kier molecular flexibility index (Phi) is 6.12. The molecule has 5 nitrogen and oxygen atoms in total. The fraction of sp³-hybridized carbons (Fsp3) is 0.579. The van der Waals surface area contributed by atoms with E-state index in [-0.39, 0.29) is 29.9 Å². The minimum absolute atomic E-state index is 0.0140. The number of benzene rings is 1. The lowest BCUT2D eigenvalue weighted by atomic mass is 9.74. The van der Waals surface area contributed by atoms with Gasteiger partial charge >= 0.3 is 0 Å². The third kappa shape index (κ3) is 4.42. The highest BCUT2D eigenvalue weighted by Crippen LogP contribution is 2.35. The first-order valence-electron chi connectivity index (χ1n) is 8.94. The molecule has 0 radical (unpaired) electrons. The van der Waals surface area contributed by atoms with Gasteiger partial charge in [0.05, 0.1) is 11.7 Å². The maximum Gasteiger partial charge on any atom is 0.252 e. The molecule has 1 aromatic rings. The Morgan fingerprint density at radius 1 is 1.32 bits per heavy atom. The fourth-order valence-corrected chi connectivity index (χ4v) is 4.46. The van der Waals surface area contributed by atoms with Gasteiger partial charge in [-0.05, 0) is 66.1 Å². The van der Waals surface area contributed by atoms with Crippen LogP contribution in [0.1, 0.15) is 42.5 Å². The van der Waals surface area contributed by atoms with E-state index >= 15 is 0 Å². The summed E-state index contributed by atoms with van der Waals surface area (Å²) in [5, 5.41) is 6.10. The second-order valence-corrected chi connectivity index (χ2v) is 7.86. The molecule has 1 saturated heterocycles. The second-order valence-electron chi connectivity index (χ2n) is 7.00. The first kappa shape index (κ1) is 18.4. The Morgan fingerprint density at radius 2 is 2.12 bits per heavy atom. The molecule has 1 aromatic carbocycles. The molecule has 2 fully saturated rings. The Morgan fingerprint density at radius 3 is 2.88 bits per heavy atom. The average Bonchev–Trinajstić information content (AvgIpc) is 2.62. The van der Waals surface area contributed by atoms with Gasteiger partial charge in [0.15, 0.2) is 0 Å². The SMILES string of the molecule is COC1CCC2CC(CCNC(=O)c3ccccc3Br)C(=O)NC2C1. The Labute approximate surface area is 157 Å². The summed E-state index contributed by atoms with van der Waals surface area (Å²) in [5.41, 5.74) is 0.619. The number of amides is 2. The van der Waals surface area contributed by atoms with Crippen LogP contribution in [0, 0.1) is 11.8 Å². The van der Waals surface area contributed by atoms with Gasteiger partial charge in [0.25, 0.3) is 5.91 Å². The predicted octanol–water partition coefficient (Wildman–Crippen LogP) is 2.89. The highest BCUT2D eigenvalue weighted by molar-refractivity contribution is 9.10. The van der Waals surface area contributed by atoms with Crippen molar-refractivity contribution in [3.05, 3.63) is 34.3 Å². The van der Waals surface area contributed by atoms with Crippen molar-refractivity contribution in [2.45, 2.75) is 44.2 Å². The molecule has 2 aliphatic rings. The average molecular weight is 409 g/mol. The molecule has 1 heterocycles. The van der Waals surface area contributed by atoms with E-state index in [1.54, 1.807) is 13.2 Å². The molecule has 1 aliphatic carbocycles. The molecule has 4 atom stereocenters. The van der Waals surface area contributed by atoms with Gasteiger partial charge in [-0.25, -0.2) is 0 Å². The van der Waals surface area contributed by atoms with Crippen LogP contribution >= 0.6 is 15.9 Å². The Hall–Kier alpha value is -1.40. The summed E-state index contributed by atoms with van der Waals surface area (Å²) in [4.78, 5) is 24.6. The monoisotopic (exact) mass is 408 g/mol. The molecule has 25 heavy (non-hydrogen) atoms. The molecule has 0 bridgehead atoms. The number of hydrogen-bond donors (Lipinski definition) is 2. The van der Waals surface area contributed by atoms with E-state index in [1.165, 1.54) is 0 Å². The second kappa shape index (κ2) is 8.32. The maximum atomic E-state index is 12.4. The summed E-state index contributed by atoms with van der Waals surface area (Å²) in [7, 11) is 1.74. The lowest BCUT2D eigenvalue weighted by Gasteiger charge is -2.41. The summed E-state index contributed by atoms with van der Waals surface area (Å²) in [6.45, 7) is 0.510. The van der Waals surface area contributed by atoms with Crippen LogP contribution in [0.3, 0.4) is 0 Å². The van der Waals surface area contributed by atoms with Crippen LogP contribution in [0.2, 0.25) is 0 Å². The molecule has 2 amide bonds. The smallest absolute Gasteiger partial charge is 0.252 e. The number of hydrogen-bond acceptors (Lipinski definition) is 3. The van der Waals surface area contributed by atoms with Crippen LogP contribution in [0.5, 0.6) is 0 Å². The largest absolute Gasteiger partial charge is 0.381 e. The molecule has 4 unspecified atom stereocenters. The third-order valence-corrected chi connectivity index (χ3v) is 6.15. The van der Waals surface area contributed by atoms with Crippen LogP contribution in [0.15, 0.2) is 28.7 Å². The van der Waals surface area contributed by atoms with Gasteiger partial charge in [0.1, 0.15) is 0 Å². The summed E-state index contributed by atoms with van der Waals surface area (Å²) >= 11 is 3.39. The van der Waals surface area contributed by atoms with Gasteiger partial charge in [0, 0.05) is 30.1 Å². The van der Waals surface area contributed by atoms with Crippen LogP contribution in [0.25, 0.3) is 0 Å². The van der Waals surface area contributed by atoms with Crippen molar-refractivity contribution >= 4 is 27.7 Å². The topological polar surface area (TPSA) is 67.4 Å². The summed E-state index contributed by atoms with van der Waals surface area (Å²) in [6, 6.07) is 7.59. The summed E-state index contributed by atoms with van der Waals surface area (Å²) in [6.07, 6.45) is 4.94. The molecule has 3 rings (SSSR count). The number of carbonyl (C=O) groups is 2. The maximum absolute atomic E-state index is 12.4. The van der Waals surface area contributed by atoms with E-state index in [0.29, 0.717) is 24.4 Å². The van der Waals surface area contributed by atoms with Gasteiger partial charge in [-0.15, -0.1) is 0 Å². The van der Waals surface area contributed by atoms with E-state index in [1.807, 2.05) is 18.2 Å². The van der Waals surface area contributed by atoms with Crippen LogP contribution in [0.4, 0.5) is 0 Å². The minimum atomic E-state index is -0.109. The lowest BCUT2D eigenvalue weighted by Crippen LogP contribution is -2.53. The standard InChI is InChI=1S/C19H25BrN2O3/c1-25-14-7-6-12-10-13(18(23)22-17(12)11-14)8-9-21-19(24)15-4-2-3-5-16(15)20/h2-5,12-14,17H,6-11H2,1H3,(H,21,24)(H,22,23). The molecule has 0 spiro atoms. The molecular weight excluding hydrogens is 384 g/mol. The molecule has 1 saturated carbocycles. The zero-order valence-electron chi connectivity index (χ0n) is 14.5. The number of ether oxygens (including phenoxy) is 1. The van der Waals surface area contributed by atoms with Gasteiger partial charge < -0.3 is 15.4 Å². The zero-order valence-corrected chi connectivity index (χ0v) is 16.1. The van der Waals surface area contributed by atoms with Crippen LogP contribution in [-0.2, 0) is 9.53 Å². The van der Waals surface area contributed by atoms with Gasteiger partial charge in [0.2, 0.25) is 5.91 Å². The Bertz CT molecular complexity index is 637. The normalized spacial score (nSPS) is 28.8. The fourth-order valence-electron chi connectivity index (χ4n) is 3.99. The van der Waals surface area contributed by atoms with E-state index in [9.17, 15) is 9.59 Å². The first-order chi connectivity index (χ1) is 12.1. The van der Waals surface area contributed by atoms with Crippen molar-refractivity contribution in [3.63, 3.8) is 0 Å². The van der Waals surface area contributed by atoms with Crippen LogP contribution in [-0.4, -0.2) is 37.6 Å². The van der Waals surface area contributed by atoms with Crippen molar-refractivity contribution in [1.82, 2.24) is 10.6 Å². The first-order valence-corrected chi connectivity index (χ1v) is 9.73. The number of piperidine rings is 1. The van der Waals surface area contributed by atoms with E-state index in [0.717, 1.165) is 30.2 Å². The lowest BCUT2D eigenvalue weighted by molar-refractivity contribution is -0.131. The molecule has 6 heteroatoms. The molecule has 1 aliphatic heterocycles. The zero-order chi connectivity index (χ0) is 17.8. The molecular formula is C19H25BrN2O3. The number of halogens is 1. The summed E-state index contributed by atoms with van der Waals surface area (Å²) < 4.78 is 6.22. The molecule has 0 aromatic heterocycles. The quantitative estimate of drug-likeness (QED) is 0.786. The predicted molar refractivity (Wildman–Crippen MR) is 99.3 cm³/mol.